The molecule has 0 fully saturated rings. The molecule has 2 rings (SSSR count). The lowest BCUT2D eigenvalue weighted by Crippen LogP contribution is -2.51. The van der Waals surface area contributed by atoms with Crippen LogP contribution in [0.2, 0.25) is 0 Å². The van der Waals surface area contributed by atoms with E-state index >= 15 is 0 Å². The Morgan fingerprint density at radius 1 is 1.12 bits per heavy atom. The van der Waals surface area contributed by atoms with Gasteiger partial charge >= 0.3 is 0 Å². The van der Waals surface area contributed by atoms with Crippen molar-refractivity contribution in [3.63, 3.8) is 0 Å². The highest BCUT2D eigenvalue weighted by molar-refractivity contribution is 5.80. The molecule has 2 atom stereocenters. The van der Waals surface area contributed by atoms with E-state index in [1.165, 1.54) is 0 Å². The van der Waals surface area contributed by atoms with Crippen LogP contribution in [0, 0.1) is 0 Å². The molecule has 2 aromatic heterocycles. The number of carboxylic acids is 2. The third-order valence-corrected chi connectivity index (χ3v) is 2.66. The lowest BCUT2D eigenvalue weighted by molar-refractivity contribution is -0.671. The monoisotopic (exact) mass is 342 g/mol. The minimum absolute atomic E-state index is 1.06. The summed E-state index contributed by atoms with van der Waals surface area (Å²) in [5.41, 5.74) is 0. The number of aliphatic hydroxyl groups excluding tert-OH is 2. The Hall–Kier alpha value is -2.72. The van der Waals surface area contributed by atoms with E-state index in [1.807, 2.05) is 48.1 Å². The average Bonchev–Trinajstić information content (AvgIpc) is 3.17. The molecule has 2 aromatic rings. The van der Waals surface area contributed by atoms with Crippen molar-refractivity contribution in [2.45, 2.75) is 25.7 Å². The molecule has 0 saturated heterocycles. The van der Waals surface area contributed by atoms with Crippen LogP contribution in [0.3, 0.4) is 0 Å². The first-order valence-corrected chi connectivity index (χ1v) is 6.95. The maximum absolute atomic E-state index is 9.63. The molecule has 0 aliphatic rings. The molecule has 0 spiro atoms. The van der Waals surface area contributed by atoms with Gasteiger partial charge in [-0.15, -0.1) is 0 Å². The standard InChI is InChI=1S/C6H11N2.C4H6N2.C4H6O6/c1-3-8-5-4-7(2)6-8;1-6-3-2-5-4-6;5-1(3(7)8)2(6)4(9)10/h4-6H,3H2,1-2H3;2-4H,1H3;1-2,5-6H,(H,7,8)(H,9,10)/q+1;;/p-1. The molecule has 24 heavy (non-hydrogen) atoms. The lowest BCUT2D eigenvalue weighted by Gasteiger charge is -2.18. The van der Waals surface area contributed by atoms with E-state index in [0.29, 0.717) is 0 Å². The molecule has 0 aliphatic carbocycles. The van der Waals surface area contributed by atoms with E-state index < -0.39 is 24.1 Å². The van der Waals surface area contributed by atoms with Crippen LogP contribution in [0.25, 0.3) is 0 Å². The van der Waals surface area contributed by atoms with Crippen LogP contribution in [0.15, 0.2) is 37.4 Å². The van der Waals surface area contributed by atoms with Crippen molar-refractivity contribution in [1.82, 2.24) is 9.55 Å². The number of carbonyl (C=O) groups is 2. The van der Waals surface area contributed by atoms with E-state index in [9.17, 15) is 19.8 Å². The highest BCUT2D eigenvalue weighted by Crippen LogP contribution is 1.89. The van der Waals surface area contributed by atoms with Gasteiger partial charge in [0.15, 0.2) is 0 Å². The highest BCUT2D eigenvalue weighted by Gasteiger charge is 2.17. The summed E-state index contributed by atoms with van der Waals surface area (Å²) in [5, 5.41) is 35.7. The van der Waals surface area contributed by atoms with E-state index in [1.54, 1.807) is 0 Å². The van der Waals surface area contributed by atoms with Gasteiger partial charge in [0.2, 0.25) is 12.7 Å². The van der Waals surface area contributed by atoms with Crippen LogP contribution in [0.1, 0.15) is 6.92 Å². The lowest BCUT2D eigenvalue weighted by atomic mass is 10.2. The fourth-order valence-electron chi connectivity index (χ4n) is 1.31. The second-order valence-corrected chi connectivity index (χ2v) is 4.71. The van der Waals surface area contributed by atoms with Gasteiger partial charge in [-0.1, -0.05) is 0 Å². The van der Waals surface area contributed by atoms with Crippen LogP contribution >= 0.6 is 0 Å². The summed E-state index contributed by atoms with van der Waals surface area (Å²) in [6.45, 7) is 3.18. The molecule has 0 radical (unpaired) electrons. The number of nitrogens with one attached hydrogen (secondary N) is 1. The van der Waals surface area contributed by atoms with Gasteiger partial charge in [0, 0.05) is 0 Å². The molecule has 10 nitrogen and oxygen atoms in total. The third kappa shape index (κ3) is 8.66. The minimum Gasteiger partial charge on any atom is -0.547 e. The summed E-state index contributed by atoms with van der Waals surface area (Å²) >= 11 is 0. The van der Waals surface area contributed by atoms with Crippen molar-refractivity contribution in [2.75, 3.05) is 0 Å². The Balaban J connectivity index is 0.000000340. The largest absolute Gasteiger partial charge is 0.547 e. The normalized spacial score (nSPS) is 12.0. The van der Waals surface area contributed by atoms with Crippen LogP contribution in [-0.2, 0) is 30.2 Å². The number of imidazole rings is 2. The fourth-order valence-corrected chi connectivity index (χ4v) is 1.31. The maximum Gasteiger partial charge on any atom is 0.243 e. The Kier molecular flexibility index (Phi) is 9.68. The first-order chi connectivity index (χ1) is 11.2. The van der Waals surface area contributed by atoms with Crippen LogP contribution in [-0.4, -0.2) is 43.9 Å². The number of aromatic amines is 1. The number of carbonyl (C=O) groups excluding carboxylic acids is 2. The first kappa shape index (κ1) is 21.3. The van der Waals surface area contributed by atoms with Gasteiger partial charge in [-0.05, 0) is 6.92 Å². The van der Waals surface area contributed by atoms with Gasteiger partial charge in [-0.3, -0.25) is 4.98 Å². The zero-order valence-corrected chi connectivity index (χ0v) is 13.7. The molecule has 3 N–H and O–H groups in total. The molecular weight excluding hydrogens is 320 g/mol. The summed E-state index contributed by atoms with van der Waals surface area (Å²) in [5.74, 6) is -4.12. The number of aliphatic hydroxyl groups is 2. The van der Waals surface area contributed by atoms with Crippen LogP contribution in [0.5, 0.6) is 0 Å². The summed E-state index contributed by atoms with van der Waals surface area (Å²) in [6.07, 6.45) is 6.96. The number of H-pyrrole nitrogens is 1. The van der Waals surface area contributed by atoms with E-state index in [2.05, 4.69) is 29.0 Å². The number of rotatable bonds is 4. The zero-order valence-electron chi connectivity index (χ0n) is 13.7. The van der Waals surface area contributed by atoms with Crippen molar-refractivity contribution in [1.29, 1.82) is 0 Å². The van der Waals surface area contributed by atoms with Crippen LogP contribution in [0.4, 0.5) is 0 Å². The maximum atomic E-state index is 9.63. The summed E-state index contributed by atoms with van der Waals surface area (Å²) in [4.78, 5) is 22.2. The molecule has 0 amide bonds. The molecule has 2 heterocycles. The van der Waals surface area contributed by atoms with Gasteiger partial charge in [-0.25, -0.2) is 13.7 Å². The quantitative estimate of drug-likeness (QED) is 0.476. The number of hydrogen-bond acceptors (Lipinski definition) is 6. The molecule has 134 valence electrons. The SMILES string of the molecule is CCn1cc[n+](C)c1.C[n+]1cc[nH]c1.O=C([O-])C(O)C(O)C(=O)[O-]. The van der Waals surface area contributed by atoms with Crippen molar-refractivity contribution >= 4 is 11.9 Å². The average molecular weight is 342 g/mol. The zero-order chi connectivity index (χ0) is 18.7. The number of aromatic nitrogens is 4. The Labute approximate surface area is 138 Å². The van der Waals surface area contributed by atoms with Gasteiger partial charge in [-0.2, -0.15) is 0 Å². The molecule has 2 unspecified atom stereocenters. The number of nitrogens with zero attached hydrogens (tertiary/aromatic N) is 3. The van der Waals surface area contributed by atoms with Gasteiger partial charge in [0.05, 0.1) is 32.6 Å². The first-order valence-electron chi connectivity index (χ1n) is 6.95. The van der Waals surface area contributed by atoms with Gasteiger partial charge in [0.1, 0.15) is 37.0 Å². The fraction of sp³-hybridized carbons (Fsp3) is 0.429. The second-order valence-electron chi connectivity index (χ2n) is 4.71. The number of aliphatic carboxylic acids is 2. The van der Waals surface area contributed by atoms with Crippen molar-refractivity contribution in [2.24, 2.45) is 14.1 Å². The predicted octanol–water partition coefficient (Wildman–Crippen LogP) is -4.62. The molecular formula is C14H22N4O6. The molecule has 10 heteroatoms. The number of hydrogen-bond donors (Lipinski definition) is 3. The van der Waals surface area contributed by atoms with E-state index in [4.69, 9.17) is 10.2 Å². The Bertz CT molecular complexity index is 593. The van der Waals surface area contributed by atoms with Crippen molar-refractivity contribution in [3.05, 3.63) is 37.4 Å². The van der Waals surface area contributed by atoms with Crippen LogP contribution < -0.4 is 19.3 Å². The van der Waals surface area contributed by atoms with E-state index in [0.717, 1.165) is 6.54 Å². The van der Waals surface area contributed by atoms with Gasteiger partial charge < -0.3 is 30.0 Å². The minimum atomic E-state index is -2.44. The van der Waals surface area contributed by atoms with Crippen molar-refractivity contribution < 1.29 is 39.1 Å². The third-order valence-electron chi connectivity index (χ3n) is 2.66. The summed E-state index contributed by atoms with van der Waals surface area (Å²) in [6, 6.07) is 0. The summed E-state index contributed by atoms with van der Waals surface area (Å²) < 4.78 is 6.10. The van der Waals surface area contributed by atoms with Gasteiger partial charge in [0.25, 0.3) is 0 Å². The van der Waals surface area contributed by atoms with Crippen molar-refractivity contribution in [3.8, 4) is 0 Å². The molecule has 0 saturated carbocycles. The smallest absolute Gasteiger partial charge is 0.243 e. The predicted molar refractivity (Wildman–Crippen MR) is 75.3 cm³/mol. The second kappa shape index (κ2) is 10.9. The Morgan fingerprint density at radius 2 is 1.67 bits per heavy atom. The molecule has 0 aliphatic heterocycles. The summed E-state index contributed by atoms with van der Waals surface area (Å²) in [7, 11) is 3.99. The number of aryl methyl sites for hydroxylation is 3. The van der Waals surface area contributed by atoms with E-state index in [-0.39, 0.29) is 0 Å². The Morgan fingerprint density at radius 3 is 1.83 bits per heavy atom. The highest BCUT2D eigenvalue weighted by atomic mass is 16.4. The molecule has 0 bridgehead atoms. The molecule has 0 aromatic carbocycles. The number of carboxylic acid groups (broad SMARTS) is 2. The topological polar surface area (TPSA) is 149 Å².